The van der Waals surface area contributed by atoms with Crippen molar-refractivity contribution in [2.75, 3.05) is 26.2 Å². The molecule has 3 nitrogen and oxygen atoms in total. The van der Waals surface area contributed by atoms with Crippen molar-refractivity contribution in [3.63, 3.8) is 0 Å². The summed E-state index contributed by atoms with van der Waals surface area (Å²) in [5.41, 5.74) is 0.883. The predicted octanol–water partition coefficient (Wildman–Crippen LogP) is 2.98. The Morgan fingerprint density at radius 1 is 1.14 bits per heavy atom. The van der Waals surface area contributed by atoms with Crippen molar-refractivity contribution in [2.45, 2.75) is 31.7 Å². The predicted molar refractivity (Wildman–Crippen MR) is 85.3 cm³/mol. The van der Waals surface area contributed by atoms with Crippen LogP contribution in [0.3, 0.4) is 0 Å². The number of likely N-dealkylation sites (tertiary alicyclic amines) is 2. The third-order valence-electron chi connectivity index (χ3n) is 4.57. The Morgan fingerprint density at radius 2 is 1.86 bits per heavy atom. The third-order valence-corrected chi connectivity index (χ3v) is 4.81. The minimum Gasteiger partial charge on any atom is -0.342 e. The van der Waals surface area contributed by atoms with E-state index in [9.17, 15) is 4.79 Å². The van der Waals surface area contributed by atoms with Crippen LogP contribution < -0.4 is 0 Å². The summed E-state index contributed by atoms with van der Waals surface area (Å²) in [6, 6.07) is 8.13. The smallest absolute Gasteiger partial charge is 0.231 e. The zero-order chi connectivity index (χ0) is 14.7. The molecule has 0 atom stereocenters. The lowest BCUT2D eigenvalue weighted by Crippen LogP contribution is -2.46. The number of carbonyl (C=O) groups excluding carboxylic acids is 1. The van der Waals surface area contributed by atoms with Crippen molar-refractivity contribution in [1.29, 1.82) is 0 Å². The van der Waals surface area contributed by atoms with Crippen LogP contribution in [-0.4, -0.2) is 47.9 Å². The summed E-state index contributed by atoms with van der Waals surface area (Å²) >= 11 is 5.96. The zero-order valence-corrected chi connectivity index (χ0v) is 13.1. The van der Waals surface area contributed by atoms with Crippen LogP contribution in [0.1, 0.15) is 31.2 Å². The van der Waals surface area contributed by atoms with Crippen LogP contribution in [0.4, 0.5) is 0 Å². The van der Waals surface area contributed by atoms with Crippen molar-refractivity contribution in [2.24, 2.45) is 0 Å². The molecule has 1 radical (unpaired) electrons. The molecule has 3 rings (SSSR count). The first-order valence-corrected chi connectivity index (χ1v) is 8.23. The van der Waals surface area contributed by atoms with Gasteiger partial charge in [-0.15, -0.1) is 0 Å². The van der Waals surface area contributed by atoms with Gasteiger partial charge in [0, 0.05) is 24.2 Å². The fourth-order valence-corrected chi connectivity index (χ4v) is 3.59. The molecule has 0 saturated carbocycles. The van der Waals surface area contributed by atoms with Gasteiger partial charge in [-0.2, -0.15) is 0 Å². The number of hydrogen-bond donors (Lipinski definition) is 0. The van der Waals surface area contributed by atoms with Gasteiger partial charge in [-0.1, -0.05) is 23.7 Å². The maximum atomic E-state index is 12.3. The number of rotatable bonds is 3. The molecule has 2 aliphatic rings. The van der Waals surface area contributed by atoms with Crippen LogP contribution in [-0.2, 0) is 4.79 Å². The van der Waals surface area contributed by atoms with Crippen LogP contribution in [0.25, 0.3) is 0 Å². The minimum atomic E-state index is 0.108. The maximum absolute atomic E-state index is 12.3. The quantitative estimate of drug-likeness (QED) is 0.857. The Labute approximate surface area is 131 Å². The van der Waals surface area contributed by atoms with Gasteiger partial charge in [0.25, 0.3) is 0 Å². The molecule has 21 heavy (non-hydrogen) atoms. The number of halogens is 1. The van der Waals surface area contributed by atoms with E-state index < -0.39 is 0 Å². The summed E-state index contributed by atoms with van der Waals surface area (Å²) in [4.78, 5) is 16.9. The number of amides is 1. The number of carbonyl (C=O) groups is 1. The first kappa shape index (κ1) is 14.9. The van der Waals surface area contributed by atoms with Crippen LogP contribution in [0, 0.1) is 6.42 Å². The first-order chi connectivity index (χ1) is 10.2. The maximum Gasteiger partial charge on any atom is 0.231 e. The molecular formula is C17H22ClN2O. The van der Waals surface area contributed by atoms with E-state index >= 15 is 0 Å². The van der Waals surface area contributed by atoms with Crippen molar-refractivity contribution >= 4 is 17.5 Å². The van der Waals surface area contributed by atoms with Gasteiger partial charge in [0.1, 0.15) is 0 Å². The van der Waals surface area contributed by atoms with Gasteiger partial charge in [-0.25, -0.2) is 0 Å². The van der Waals surface area contributed by atoms with E-state index in [4.69, 9.17) is 11.6 Å². The Bertz CT molecular complexity index is 491. The molecule has 2 saturated heterocycles. The molecule has 113 valence electrons. The number of nitrogens with zero attached hydrogens (tertiary/aromatic N) is 2. The van der Waals surface area contributed by atoms with E-state index in [1.165, 1.54) is 25.9 Å². The second-order valence-electron chi connectivity index (χ2n) is 6.00. The molecule has 0 unspecified atom stereocenters. The number of hydrogen-bond acceptors (Lipinski definition) is 2. The SMILES string of the molecule is O=C([CH]c1cccc(Cl)c1)N1CCC(N2CCCC2)CC1. The Hall–Kier alpha value is -1.06. The lowest BCUT2D eigenvalue weighted by atomic mass is 10.0. The molecular weight excluding hydrogens is 284 g/mol. The van der Waals surface area contributed by atoms with Gasteiger partial charge in [0.05, 0.1) is 6.42 Å². The largest absolute Gasteiger partial charge is 0.342 e. The summed E-state index contributed by atoms with van der Waals surface area (Å²) in [5.74, 6) is 0.108. The van der Waals surface area contributed by atoms with E-state index in [0.29, 0.717) is 11.1 Å². The standard InChI is InChI=1S/C17H22ClN2O/c18-15-5-3-4-14(12-15)13-17(21)20-10-6-16(7-11-20)19-8-1-2-9-19/h3-5,12-13,16H,1-2,6-11H2. The molecule has 1 aromatic rings. The van der Waals surface area contributed by atoms with Crippen molar-refractivity contribution in [1.82, 2.24) is 9.80 Å². The van der Waals surface area contributed by atoms with Crippen LogP contribution >= 0.6 is 11.6 Å². The summed E-state index contributed by atoms with van der Waals surface area (Å²) < 4.78 is 0. The molecule has 0 N–H and O–H groups in total. The highest BCUT2D eigenvalue weighted by molar-refractivity contribution is 6.30. The number of piperidine rings is 1. The molecule has 2 fully saturated rings. The van der Waals surface area contributed by atoms with Crippen LogP contribution in [0.15, 0.2) is 24.3 Å². The average molecular weight is 306 g/mol. The third kappa shape index (κ3) is 3.78. The van der Waals surface area contributed by atoms with Crippen LogP contribution in [0.2, 0.25) is 5.02 Å². The molecule has 0 aliphatic carbocycles. The molecule has 0 aromatic heterocycles. The van der Waals surface area contributed by atoms with Crippen LogP contribution in [0.5, 0.6) is 0 Å². The van der Waals surface area contributed by atoms with E-state index in [1.807, 2.05) is 29.2 Å². The molecule has 0 bridgehead atoms. The Kier molecular flexibility index (Phi) is 4.81. The van der Waals surface area contributed by atoms with Crippen molar-refractivity contribution in [3.8, 4) is 0 Å². The van der Waals surface area contributed by atoms with E-state index in [0.717, 1.165) is 31.5 Å². The van der Waals surface area contributed by atoms with Gasteiger partial charge in [-0.3, -0.25) is 4.79 Å². The molecule has 4 heteroatoms. The average Bonchev–Trinajstić information content (AvgIpc) is 3.01. The van der Waals surface area contributed by atoms with Crippen molar-refractivity contribution in [3.05, 3.63) is 41.3 Å². The summed E-state index contributed by atoms with van der Waals surface area (Å²) in [7, 11) is 0. The van der Waals surface area contributed by atoms with Gasteiger partial charge in [0.2, 0.25) is 5.91 Å². The summed E-state index contributed by atoms with van der Waals surface area (Å²) in [6.45, 7) is 4.23. The minimum absolute atomic E-state index is 0.108. The van der Waals surface area contributed by atoms with E-state index in [2.05, 4.69) is 4.90 Å². The van der Waals surface area contributed by atoms with Gasteiger partial charge in [-0.05, 0) is 56.5 Å². The molecule has 1 aromatic carbocycles. The summed E-state index contributed by atoms with van der Waals surface area (Å²) in [5, 5.41) is 0.671. The zero-order valence-electron chi connectivity index (χ0n) is 12.3. The van der Waals surface area contributed by atoms with Crippen molar-refractivity contribution < 1.29 is 4.79 Å². The number of benzene rings is 1. The lowest BCUT2D eigenvalue weighted by molar-refractivity contribution is -0.128. The van der Waals surface area contributed by atoms with E-state index in [1.54, 1.807) is 6.42 Å². The normalized spacial score (nSPS) is 20.9. The fourth-order valence-electron chi connectivity index (χ4n) is 3.39. The van der Waals surface area contributed by atoms with Gasteiger partial charge in [0.15, 0.2) is 0 Å². The second kappa shape index (κ2) is 6.80. The highest BCUT2D eigenvalue weighted by Gasteiger charge is 2.28. The van der Waals surface area contributed by atoms with Gasteiger partial charge < -0.3 is 9.80 Å². The monoisotopic (exact) mass is 305 g/mol. The Morgan fingerprint density at radius 3 is 2.52 bits per heavy atom. The fraction of sp³-hybridized carbons (Fsp3) is 0.529. The highest BCUT2D eigenvalue weighted by Crippen LogP contribution is 2.22. The first-order valence-electron chi connectivity index (χ1n) is 7.86. The second-order valence-corrected chi connectivity index (χ2v) is 6.44. The van der Waals surface area contributed by atoms with Gasteiger partial charge >= 0.3 is 0 Å². The molecule has 2 aliphatic heterocycles. The molecule has 2 heterocycles. The lowest BCUT2D eigenvalue weighted by Gasteiger charge is -2.36. The molecule has 0 spiro atoms. The Balaban J connectivity index is 1.50. The summed E-state index contributed by atoms with van der Waals surface area (Å²) in [6.07, 6.45) is 6.58. The molecule has 1 amide bonds. The van der Waals surface area contributed by atoms with E-state index in [-0.39, 0.29) is 5.91 Å². The topological polar surface area (TPSA) is 23.6 Å². The highest BCUT2D eigenvalue weighted by atomic mass is 35.5.